The first-order chi connectivity index (χ1) is 12.7. The smallest absolute Gasteiger partial charge is 0.236 e. The lowest BCUT2D eigenvalue weighted by Crippen LogP contribution is -2.42. The summed E-state index contributed by atoms with van der Waals surface area (Å²) in [5.74, 6) is 0.962. The predicted octanol–water partition coefficient (Wildman–Crippen LogP) is 3.04. The fourth-order valence-electron chi connectivity index (χ4n) is 4.40. The minimum Gasteiger partial charge on any atom is -0.342 e. The summed E-state index contributed by atoms with van der Waals surface area (Å²) < 4.78 is 4.07. The number of benzene rings is 1. The highest BCUT2D eigenvalue weighted by Crippen LogP contribution is 2.40. The van der Waals surface area contributed by atoms with Crippen LogP contribution >= 0.6 is 11.5 Å². The second-order valence-electron chi connectivity index (χ2n) is 7.53. The SMILES string of the molecule is Cc1ccccc1[C@@H]1CN(CC(=O)N2CCCCC2)C[C@H]1c1csnn1. The molecular formula is C20H26N4OS. The molecule has 1 aromatic carbocycles. The van der Waals surface area contributed by atoms with Crippen molar-refractivity contribution >= 4 is 17.4 Å². The number of hydrogen-bond donors (Lipinski definition) is 0. The van der Waals surface area contributed by atoms with Crippen molar-refractivity contribution in [2.45, 2.75) is 38.0 Å². The number of carbonyl (C=O) groups is 1. The molecule has 0 spiro atoms. The zero-order chi connectivity index (χ0) is 17.9. The number of aryl methyl sites for hydroxylation is 1. The average Bonchev–Trinajstić information content (AvgIpc) is 3.32. The van der Waals surface area contributed by atoms with Crippen molar-refractivity contribution in [3.8, 4) is 0 Å². The predicted molar refractivity (Wildman–Crippen MR) is 103 cm³/mol. The molecule has 2 fully saturated rings. The molecule has 1 aromatic heterocycles. The Hall–Kier alpha value is -1.79. The first kappa shape index (κ1) is 17.6. The van der Waals surface area contributed by atoms with Crippen LogP contribution in [0.25, 0.3) is 0 Å². The normalized spacial score (nSPS) is 24.1. The molecule has 0 N–H and O–H groups in total. The number of nitrogens with zero attached hydrogens (tertiary/aromatic N) is 4. The number of rotatable bonds is 4. The van der Waals surface area contributed by atoms with Crippen LogP contribution in [0.3, 0.4) is 0 Å². The Labute approximate surface area is 159 Å². The highest BCUT2D eigenvalue weighted by atomic mass is 32.1. The van der Waals surface area contributed by atoms with E-state index in [1.54, 1.807) is 0 Å². The van der Waals surface area contributed by atoms with E-state index in [9.17, 15) is 4.79 Å². The van der Waals surface area contributed by atoms with Crippen molar-refractivity contribution in [1.29, 1.82) is 0 Å². The van der Waals surface area contributed by atoms with Gasteiger partial charge in [0.05, 0.1) is 12.2 Å². The van der Waals surface area contributed by atoms with Crippen LogP contribution in [0.2, 0.25) is 0 Å². The molecule has 5 nitrogen and oxygen atoms in total. The minimum absolute atomic E-state index is 0.283. The molecule has 138 valence electrons. The lowest BCUT2D eigenvalue weighted by Gasteiger charge is -2.28. The maximum atomic E-state index is 12.7. The Morgan fingerprint density at radius 2 is 1.92 bits per heavy atom. The van der Waals surface area contributed by atoms with Crippen molar-refractivity contribution in [3.63, 3.8) is 0 Å². The lowest BCUT2D eigenvalue weighted by atomic mass is 9.85. The van der Waals surface area contributed by atoms with Gasteiger partial charge in [-0.2, -0.15) is 0 Å². The van der Waals surface area contributed by atoms with Gasteiger partial charge in [-0.05, 0) is 48.8 Å². The first-order valence-electron chi connectivity index (χ1n) is 9.55. The summed E-state index contributed by atoms with van der Waals surface area (Å²) in [6.07, 6.45) is 3.54. The molecule has 2 aliphatic rings. The van der Waals surface area contributed by atoms with Crippen LogP contribution in [-0.4, -0.2) is 58.0 Å². The Morgan fingerprint density at radius 1 is 1.15 bits per heavy atom. The van der Waals surface area contributed by atoms with Gasteiger partial charge in [0.2, 0.25) is 5.91 Å². The maximum Gasteiger partial charge on any atom is 0.236 e. The molecular weight excluding hydrogens is 344 g/mol. The van der Waals surface area contributed by atoms with E-state index in [1.165, 1.54) is 29.1 Å². The molecule has 2 aromatic rings. The fraction of sp³-hybridized carbons (Fsp3) is 0.550. The van der Waals surface area contributed by atoms with Gasteiger partial charge < -0.3 is 4.90 Å². The van der Waals surface area contributed by atoms with Crippen LogP contribution < -0.4 is 0 Å². The Balaban J connectivity index is 1.52. The van der Waals surface area contributed by atoms with Gasteiger partial charge in [0.15, 0.2) is 0 Å². The standard InChI is InChI=1S/C20H26N4OS/c1-15-7-3-4-8-16(15)17-11-23(12-18(17)19-14-26-22-21-19)13-20(25)24-9-5-2-6-10-24/h3-4,7-8,14,17-18H,2,5-6,9-13H2,1H3/t17-,18+/m0/s1. The monoisotopic (exact) mass is 370 g/mol. The fourth-order valence-corrected chi connectivity index (χ4v) is 4.92. The second-order valence-corrected chi connectivity index (χ2v) is 8.14. The van der Waals surface area contributed by atoms with E-state index in [-0.39, 0.29) is 5.91 Å². The van der Waals surface area contributed by atoms with Crippen LogP contribution in [0.15, 0.2) is 29.6 Å². The number of hydrogen-bond acceptors (Lipinski definition) is 5. The van der Waals surface area contributed by atoms with E-state index in [4.69, 9.17) is 0 Å². The minimum atomic E-state index is 0.283. The molecule has 0 unspecified atom stereocenters. The molecule has 2 atom stereocenters. The first-order valence-corrected chi connectivity index (χ1v) is 10.4. The molecule has 0 aliphatic carbocycles. The third-order valence-electron chi connectivity index (χ3n) is 5.81. The van der Waals surface area contributed by atoms with E-state index < -0.39 is 0 Å². The van der Waals surface area contributed by atoms with Crippen LogP contribution in [-0.2, 0) is 4.79 Å². The molecule has 3 heterocycles. The van der Waals surface area contributed by atoms with Gasteiger partial charge >= 0.3 is 0 Å². The van der Waals surface area contributed by atoms with E-state index in [2.05, 4.69) is 51.1 Å². The molecule has 26 heavy (non-hydrogen) atoms. The summed E-state index contributed by atoms with van der Waals surface area (Å²) in [6.45, 7) is 6.33. The second kappa shape index (κ2) is 7.84. The topological polar surface area (TPSA) is 49.3 Å². The van der Waals surface area contributed by atoms with Crippen LogP contribution in [0, 0.1) is 6.92 Å². The largest absolute Gasteiger partial charge is 0.342 e. The lowest BCUT2D eigenvalue weighted by molar-refractivity contribution is -0.133. The van der Waals surface area contributed by atoms with Crippen LogP contribution in [0.1, 0.15) is 47.9 Å². The number of likely N-dealkylation sites (tertiary alicyclic amines) is 2. The summed E-state index contributed by atoms with van der Waals surface area (Å²) in [4.78, 5) is 17.1. The highest BCUT2D eigenvalue weighted by molar-refractivity contribution is 7.03. The molecule has 4 rings (SSSR count). The van der Waals surface area contributed by atoms with Crippen molar-refractivity contribution in [2.75, 3.05) is 32.7 Å². The summed E-state index contributed by atoms with van der Waals surface area (Å²) in [6, 6.07) is 8.60. The Morgan fingerprint density at radius 3 is 2.65 bits per heavy atom. The number of aromatic nitrogens is 2. The van der Waals surface area contributed by atoms with Crippen molar-refractivity contribution in [1.82, 2.24) is 19.4 Å². The van der Waals surface area contributed by atoms with E-state index in [1.807, 2.05) is 4.90 Å². The summed E-state index contributed by atoms with van der Waals surface area (Å²) >= 11 is 1.41. The molecule has 2 saturated heterocycles. The van der Waals surface area contributed by atoms with Crippen LogP contribution in [0.5, 0.6) is 0 Å². The van der Waals surface area contributed by atoms with E-state index >= 15 is 0 Å². The van der Waals surface area contributed by atoms with E-state index in [0.29, 0.717) is 18.4 Å². The van der Waals surface area contributed by atoms with Gasteiger partial charge in [0.1, 0.15) is 0 Å². The summed E-state index contributed by atoms with van der Waals surface area (Å²) in [5.41, 5.74) is 3.75. The average molecular weight is 371 g/mol. The van der Waals surface area contributed by atoms with Crippen molar-refractivity contribution < 1.29 is 4.79 Å². The van der Waals surface area contributed by atoms with Crippen molar-refractivity contribution in [3.05, 3.63) is 46.5 Å². The third-order valence-corrected chi connectivity index (χ3v) is 6.33. The van der Waals surface area contributed by atoms with Gasteiger partial charge in [-0.25, -0.2) is 0 Å². The van der Waals surface area contributed by atoms with E-state index in [0.717, 1.165) is 44.7 Å². The quantitative estimate of drug-likeness (QED) is 0.830. The van der Waals surface area contributed by atoms with Gasteiger partial charge in [0.25, 0.3) is 0 Å². The summed E-state index contributed by atoms with van der Waals surface area (Å²) in [5, 5.41) is 6.42. The third kappa shape index (κ3) is 3.67. The Kier molecular flexibility index (Phi) is 5.31. The van der Waals surface area contributed by atoms with Gasteiger partial charge in [-0.1, -0.05) is 28.8 Å². The Bertz CT molecular complexity index is 742. The maximum absolute atomic E-state index is 12.7. The number of piperidine rings is 1. The van der Waals surface area contributed by atoms with Gasteiger partial charge in [-0.3, -0.25) is 9.69 Å². The molecule has 0 bridgehead atoms. The van der Waals surface area contributed by atoms with Crippen LogP contribution in [0.4, 0.5) is 0 Å². The number of carbonyl (C=O) groups excluding carboxylic acids is 1. The molecule has 0 radical (unpaired) electrons. The highest BCUT2D eigenvalue weighted by Gasteiger charge is 2.38. The zero-order valence-corrected chi connectivity index (χ0v) is 16.1. The molecule has 2 aliphatic heterocycles. The van der Waals surface area contributed by atoms with Crippen molar-refractivity contribution in [2.24, 2.45) is 0 Å². The zero-order valence-electron chi connectivity index (χ0n) is 15.3. The molecule has 0 saturated carbocycles. The van der Waals surface area contributed by atoms with Gasteiger partial charge in [0, 0.05) is 43.4 Å². The molecule has 6 heteroatoms. The molecule has 1 amide bonds. The number of amides is 1. The van der Waals surface area contributed by atoms with Gasteiger partial charge in [-0.15, -0.1) is 5.10 Å². The summed E-state index contributed by atoms with van der Waals surface area (Å²) in [7, 11) is 0.